The third kappa shape index (κ3) is 1.51. The smallest absolute Gasteiger partial charge is 0.139 e. The van der Waals surface area contributed by atoms with Gasteiger partial charge in [0.15, 0.2) is 0 Å². The van der Waals surface area contributed by atoms with Gasteiger partial charge in [-0.3, -0.25) is 0 Å². The van der Waals surface area contributed by atoms with E-state index in [1.165, 1.54) is 22.8 Å². The first-order valence-corrected chi connectivity index (χ1v) is 6.29. The van der Waals surface area contributed by atoms with E-state index in [0.717, 1.165) is 17.7 Å². The second kappa shape index (κ2) is 3.36. The summed E-state index contributed by atoms with van der Waals surface area (Å²) in [7, 11) is 0. The van der Waals surface area contributed by atoms with E-state index >= 15 is 0 Å². The Morgan fingerprint density at radius 1 is 1.43 bits per heavy atom. The lowest BCUT2D eigenvalue weighted by Crippen LogP contribution is -2.20. The van der Waals surface area contributed by atoms with Crippen molar-refractivity contribution < 1.29 is 0 Å². The maximum Gasteiger partial charge on any atom is 0.139 e. The molecule has 0 aliphatic heterocycles. The van der Waals surface area contributed by atoms with E-state index in [1.54, 1.807) is 0 Å². The summed E-state index contributed by atoms with van der Waals surface area (Å²) < 4.78 is 1.23. The third-order valence-corrected chi connectivity index (χ3v) is 4.29. The molecule has 14 heavy (non-hydrogen) atoms. The molecule has 0 saturated heterocycles. The molecule has 0 spiro atoms. The van der Waals surface area contributed by atoms with Crippen LogP contribution in [0.2, 0.25) is 0 Å². The van der Waals surface area contributed by atoms with Crippen LogP contribution < -0.4 is 5.32 Å². The van der Waals surface area contributed by atoms with Crippen molar-refractivity contribution >= 4 is 28.4 Å². The topological polar surface area (TPSA) is 24.9 Å². The molecule has 2 fully saturated rings. The van der Waals surface area contributed by atoms with Gasteiger partial charge in [0.1, 0.15) is 5.82 Å². The van der Waals surface area contributed by atoms with Gasteiger partial charge in [0.05, 0.1) is 3.57 Å². The molecule has 1 N–H and O–H groups in total. The summed E-state index contributed by atoms with van der Waals surface area (Å²) in [4.78, 5) is 4.38. The van der Waals surface area contributed by atoms with Crippen molar-refractivity contribution in [3.8, 4) is 0 Å². The Balaban J connectivity index is 1.74. The number of hydrogen-bond donors (Lipinski definition) is 1. The lowest BCUT2D eigenvalue weighted by Gasteiger charge is -2.15. The van der Waals surface area contributed by atoms with Gasteiger partial charge >= 0.3 is 0 Å². The first-order chi connectivity index (χ1) is 6.84. The van der Waals surface area contributed by atoms with Crippen molar-refractivity contribution in [1.29, 1.82) is 0 Å². The zero-order chi connectivity index (χ0) is 9.54. The van der Waals surface area contributed by atoms with E-state index in [0.29, 0.717) is 6.04 Å². The molecule has 3 unspecified atom stereocenters. The fourth-order valence-electron chi connectivity index (χ4n) is 2.55. The van der Waals surface area contributed by atoms with Gasteiger partial charge in [0, 0.05) is 12.2 Å². The highest BCUT2D eigenvalue weighted by molar-refractivity contribution is 14.1. The van der Waals surface area contributed by atoms with Crippen LogP contribution in [0.3, 0.4) is 0 Å². The molecule has 3 atom stereocenters. The summed E-state index contributed by atoms with van der Waals surface area (Å²) in [5, 5.41) is 3.58. The normalized spacial score (nSPS) is 33.9. The minimum atomic E-state index is 0.698. The Morgan fingerprint density at radius 2 is 2.36 bits per heavy atom. The Morgan fingerprint density at radius 3 is 3.00 bits per heavy atom. The highest BCUT2D eigenvalue weighted by atomic mass is 127. The van der Waals surface area contributed by atoms with Gasteiger partial charge in [-0.1, -0.05) is 0 Å². The Bertz CT molecular complexity index is 353. The van der Waals surface area contributed by atoms with E-state index in [1.807, 2.05) is 12.3 Å². The van der Waals surface area contributed by atoms with Crippen LogP contribution in [0.25, 0.3) is 0 Å². The van der Waals surface area contributed by atoms with Crippen LogP contribution in [0.4, 0.5) is 5.82 Å². The third-order valence-electron chi connectivity index (χ3n) is 3.42. The minimum Gasteiger partial charge on any atom is -0.366 e. The largest absolute Gasteiger partial charge is 0.366 e. The van der Waals surface area contributed by atoms with Gasteiger partial charge in [0.2, 0.25) is 0 Å². The molecule has 2 aliphatic carbocycles. The first-order valence-electron chi connectivity index (χ1n) is 5.21. The van der Waals surface area contributed by atoms with E-state index in [-0.39, 0.29) is 0 Å². The molecule has 3 rings (SSSR count). The molecule has 0 aromatic carbocycles. The van der Waals surface area contributed by atoms with Gasteiger partial charge in [-0.15, -0.1) is 0 Å². The SMILES string of the molecule is Ic1cccnc1NC1CCC2CC21. The summed E-state index contributed by atoms with van der Waals surface area (Å²) in [6, 6.07) is 4.79. The minimum absolute atomic E-state index is 0.698. The van der Waals surface area contributed by atoms with Crippen LogP contribution in [0.1, 0.15) is 19.3 Å². The molecule has 3 heteroatoms. The van der Waals surface area contributed by atoms with Gasteiger partial charge in [-0.2, -0.15) is 0 Å². The predicted molar refractivity (Wildman–Crippen MR) is 65.2 cm³/mol. The van der Waals surface area contributed by atoms with E-state index in [4.69, 9.17) is 0 Å². The zero-order valence-corrected chi connectivity index (χ0v) is 10.1. The average Bonchev–Trinajstić information content (AvgIpc) is 2.87. The summed E-state index contributed by atoms with van der Waals surface area (Å²) in [5.74, 6) is 3.06. The predicted octanol–water partition coefficient (Wildman–Crippen LogP) is 2.90. The molecule has 0 radical (unpaired) electrons. The molecule has 2 nitrogen and oxygen atoms in total. The summed E-state index contributed by atoms with van der Waals surface area (Å²) >= 11 is 2.34. The summed E-state index contributed by atoms with van der Waals surface area (Å²) in [5.41, 5.74) is 0. The lowest BCUT2D eigenvalue weighted by molar-refractivity contribution is 0.651. The van der Waals surface area contributed by atoms with Gasteiger partial charge in [0.25, 0.3) is 0 Å². The maximum absolute atomic E-state index is 4.38. The molecule has 0 amide bonds. The monoisotopic (exact) mass is 300 g/mol. The highest BCUT2D eigenvalue weighted by Crippen LogP contribution is 2.52. The molecule has 2 aliphatic rings. The standard InChI is InChI=1S/C11H13IN2/c12-9-2-1-5-13-11(9)14-10-4-3-7-6-8(7)10/h1-2,5,7-8,10H,3-4,6H2,(H,13,14). The molecule has 74 valence electrons. The molecule has 1 aromatic heterocycles. The summed E-state index contributed by atoms with van der Waals surface area (Å²) in [6.07, 6.45) is 6.07. The number of nitrogens with one attached hydrogen (secondary N) is 1. The fourth-order valence-corrected chi connectivity index (χ4v) is 3.05. The summed E-state index contributed by atoms with van der Waals surface area (Å²) in [6.45, 7) is 0. The number of hydrogen-bond acceptors (Lipinski definition) is 2. The fraction of sp³-hybridized carbons (Fsp3) is 0.545. The van der Waals surface area contributed by atoms with Crippen molar-refractivity contribution in [3.63, 3.8) is 0 Å². The zero-order valence-electron chi connectivity index (χ0n) is 7.91. The number of fused-ring (bicyclic) bond motifs is 1. The van der Waals surface area contributed by atoms with Crippen LogP contribution in [0, 0.1) is 15.4 Å². The van der Waals surface area contributed by atoms with Crippen molar-refractivity contribution in [2.75, 3.05) is 5.32 Å². The van der Waals surface area contributed by atoms with E-state index < -0.39 is 0 Å². The molecule has 2 saturated carbocycles. The lowest BCUT2D eigenvalue weighted by atomic mass is 10.2. The first kappa shape index (κ1) is 8.95. The Labute approximate surface area is 97.6 Å². The highest BCUT2D eigenvalue weighted by Gasteiger charge is 2.48. The maximum atomic E-state index is 4.38. The Hall–Kier alpha value is -0.320. The number of pyridine rings is 1. The molecular formula is C11H13IN2. The van der Waals surface area contributed by atoms with Crippen LogP contribution in [-0.2, 0) is 0 Å². The number of anilines is 1. The van der Waals surface area contributed by atoms with Crippen LogP contribution in [0.5, 0.6) is 0 Å². The quantitative estimate of drug-likeness (QED) is 0.850. The molecular weight excluding hydrogens is 287 g/mol. The number of rotatable bonds is 2. The second-order valence-corrected chi connectivity index (χ2v) is 5.48. The molecule has 1 aromatic rings. The van der Waals surface area contributed by atoms with E-state index in [9.17, 15) is 0 Å². The van der Waals surface area contributed by atoms with Gasteiger partial charge in [-0.05, 0) is 65.8 Å². The van der Waals surface area contributed by atoms with Gasteiger partial charge < -0.3 is 5.32 Å². The van der Waals surface area contributed by atoms with Crippen LogP contribution in [-0.4, -0.2) is 11.0 Å². The number of halogens is 1. The van der Waals surface area contributed by atoms with Crippen molar-refractivity contribution in [1.82, 2.24) is 4.98 Å². The molecule has 1 heterocycles. The Kier molecular flexibility index (Phi) is 2.15. The molecule has 0 bridgehead atoms. The van der Waals surface area contributed by atoms with E-state index in [2.05, 4.69) is 39.0 Å². The van der Waals surface area contributed by atoms with Crippen molar-refractivity contribution in [2.45, 2.75) is 25.3 Å². The van der Waals surface area contributed by atoms with Gasteiger partial charge in [-0.25, -0.2) is 4.98 Å². The van der Waals surface area contributed by atoms with Crippen molar-refractivity contribution in [3.05, 3.63) is 21.9 Å². The second-order valence-electron chi connectivity index (χ2n) is 4.32. The number of aromatic nitrogens is 1. The van der Waals surface area contributed by atoms with Crippen LogP contribution in [0.15, 0.2) is 18.3 Å². The van der Waals surface area contributed by atoms with Crippen LogP contribution >= 0.6 is 22.6 Å². The van der Waals surface area contributed by atoms with Crippen molar-refractivity contribution in [2.24, 2.45) is 11.8 Å². The average molecular weight is 300 g/mol. The number of nitrogens with zero attached hydrogens (tertiary/aromatic N) is 1.